The van der Waals surface area contributed by atoms with Crippen LogP contribution in [0, 0.1) is 16.0 Å². The summed E-state index contributed by atoms with van der Waals surface area (Å²) >= 11 is 2.94. The zero-order valence-corrected chi connectivity index (χ0v) is 24.3. The normalized spacial score (nSPS) is 12.9. The second-order valence-electron chi connectivity index (χ2n) is 9.64. The molecule has 2 amide bonds. The average Bonchev–Trinajstić information content (AvgIpc) is 3.39. The van der Waals surface area contributed by atoms with Crippen LogP contribution in [0.15, 0.2) is 87.7 Å². The molecule has 1 aliphatic rings. The van der Waals surface area contributed by atoms with Crippen molar-refractivity contribution in [2.75, 3.05) is 10.7 Å². The fourth-order valence-electron chi connectivity index (χ4n) is 4.61. The number of nitrogens with one attached hydrogen (secondary N) is 1. The van der Waals surface area contributed by atoms with Gasteiger partial charge in [-0.05, 0) is 43.2 Å². The molecule has 210 valence electrons. The van der Waals surface area contributed by atoms with Crippen molar-refractivity contribution < 1.29 is 14.5 Å². The van der Waals surface area contributed by atoms with Crippen LogP contribution in [0.5, 0.6) is 0 Å². The minimum atomic E-state index is -0.533. The summed E-state index contributed by atoms with van der Waals surface area (Å²) in [4.78, 5) is 41.1. The first-order chi connectivity index (χ1) is 19.8. The van der Waals surface area contributed by atoms with Crippen LogP contribution in [-0.2, 0) is 11.3 Å². The molecule has 0 saturated heterocycles. The molecule has 41 heavy (non-hydrogen) atoms. The largest absolute Gasteiger partial charge is 0.342 e. The minimum absolute atomic E-state index is 0.0505. The highest BCUT2D eigenvalue weighted by atomic mass is 32.2. The van der Waals surface area contributed by atoms with Crippen LogP contribution >= 0.6 is 23.5 Å². The lowest BCUT2D eigenvalue weighted by Gasteiger charge is -2.31. The number of thioether (sulfide) groups is 1. The molecule has 4 aromatic rings. The third-order valence-electron chi connectivity index (χ3n) is 6.62. The average molecular weight is 589 g/mol. The zero-order valence-electron chi connectivity index (χ0n) is 22.7. The Kier molecular flexibility index (Phi) is 8.41. The number of amides is 2. The van der Waals surface area contributed by atoms with E-state index in [-0.39, 0.29) is 28.8 Å². The number of nitrogens with zero attached hydrogens (tertiary/aromatic N) is 5. The van der Waals surface area contributed by atoms with Crippen molar-refractivity contribution in [2.45, 2.75) is 48.3 Å². The highest BCUT2D eigenvalue weighted by Crippen LogP contribution is 2.48. The number of para-hydroxylation sites is 2. The van der Waals surface area contributed by atoms with E-state index in [2.05, 4.69) is 15.5 Å². The Morgan fingerprint density at radius 1 is 1.00 bits per heavy atom. The summed E-state index contributed by atoms with van der Waals surface area (Å²) < 4.78 is 1.89. The molecule has 1 aromatic heterocycles. The predicted octanol–water partition coefficient (Wildman–Crippen LogP) is 6.25. The van der Waals surface area contributed by atoms with Crippen molar-refractivity contribution in [3.63, 3.8) is 0 Å². The van der Waals surface area contributed by atoms with Gasteiger partial charge in [0.15, 0.2) is 11.0 Å². The van der Waals surface area contributed by atoms with Gasteiger partial charge in [0.2, 0.25) is 5.91 Å². The first-order valence-electron chi connectivity index (χ1n) is 13.1. The van der Waals surface area contributed by atoms with E-state index in [1.54, 1.807) is 16.7 Å². The molecule has 0 spiro atoms. The van der Waals surface area contributed by atoms with Gasteiger partial charge in [-0.2, -0.15) is 0 Å². The number of fused-ring (bicyclic) bond motifs is 2. The van der Waals surface area contributed by atoms with Crippen molar-refractivity contribution >= 4 is 52.4 Å². The highest BCUT2D eigenvalue weighted by Gasteiger charge is 2.30. The number of anilines is 2. The summed E-state index contributed by atoms with van der Waals surface area (Å²) in [6, 6.07) is 20.8. The first kappa shape index (κ1) is 28.4. The van der Waals surface area contributed by atoms with Crippen LogP contribution in [0.2, 0.25) is 0 Å². The van der Waals surface area contributed by atoms with Crippen LogP contribution in [0.3, 0.4) is 0 Å². The molecule has 0 saturated carbocycles. The van der Waals surface area contributed by atoms with Gasteiger partial charge in [-0.1, -0.05) is 67.7 Å². The molecule has 1 unspecified atom stereocenters. The van der Waals surface area contributed by atoms with Crippen molar-refractivity contribution in [2.24, 2.45) is 5.92 Å². The molecular weight excluding hydrogens is 560 g/mol. The monoisotopic (exact) mass is 588 g/mol. The van der Waals surface area contributed by atoms with Gasteiger partial charge in [0.05, 0.1) is 28.1 Å². The van der Waals surface area contributed by atoms with Gasteiger partial charge in [-0.3, -0.25) is 24.6 Å². The Morgan fingerprint density at radius 3 is 2.27 bits per heavy atom. The molecule has 3 aromatic carbocycles. The van der Waals surface area contributed by atoms with Crippen LogP contribution < -0.4 is 10.2 Å². The van der Waals surface area contributed by atoms with E-state index in [0.29, 0.717) is 17.5 Å². The Bertz CT molecular complexity index is 1580. The number of nitro benzene ring substituents is 1. The number of rotatable bonds is 9. The van der Waals surface area contributed by atoms with E-state index in [1.807, 2.05) is 73.9 Å². The van der Waals surface area contributed by atoms with E-state index in [9.17, 15) is 19.7 Å². The van der Waals surface area contributed by atoms with Gasteiger partial charge < -0.3 is 9.88 Å². The lowest BCUT2D eigenvalue weighted by Crippen LogP contribution is -2.34. The van der Waals surface area contributed by atoms with E-state index >= 15 is 0 Å². The van der Waals surface area contributed by atoms with Gasteiger partial charge >= 0.3 is 0 Å². The molecule has 5 rings (SSSR count). The van der Waals surface area contributed by atoms with E-state index in [1.165, 1.54) is 36.0 Å². The smallest absolute Gasteiger partial charge is 0.270 e. The number of hydrogen-bond acceptors (Lipinski definition) is 8. The molecule has 0 radical (unpaired) electrons. The zero-order chi connectivity index (χ0) is 29.1. The fraction of sp³-hybridized carbons (Fsp3) is 0.241. The number of non-ortho nitro benzene ring substituents is 1. The first-order valence-corrected chi connectivity index (χ1v) is 14.9. The van der Waals surface area contributed by atoms with Gasteiger partial charge in [0.25, 0.3) is 11.6 Å². The molecule has 1 N–H and O–H groups in total. The fourth-order valence-corrected chi connectivity index (χ4v) is 6.53. The summed E-state index contributed by atoms with van der Waals surface area (Å²) in [6.45, 7) is 6.38. The Labute approximate surface area is 245 Å². The Hall–Kier alpha value is -4.16. The lowest BCUT2D eigenvalue weighted by molar-refractivity contribution is -0.384. The third-order valence-corrected chi connectivity index (χ3v) is 8.70. The second kappa shape index (κ2) is 12.1. The topological polar surface area (TPSA) is 123 Å². The second-order valence-corrected chi connectivity index (χ2v) is 11.7. The van der Waals surface area contributed by atoms with E-state index in [0.717, 1.165) is 21.2 Å². The third kappa shape index (κ3) is 5.84. The molecular formula is C29H28N6O4S2. The predicted molar refractivity (Wildman–Crippen MR) is 159 cm³/mol. The Balaban J connectivity index is 1.36. The maximum Gasteiger partial charge on any atom is 0.270 e. The molecule has 10 nitrogen and oxygen atoms in total. The Morgan fingerprint density at radius 2 is 1.66 bits per heavy atom. The summed E-state index contributed by atoms with van der Waals surface area (Å²) in [7, 11) is 0. The van der Waals surface area contributed by atoms with Gasteiger partial charge in [0, 0.05) is 34.0 Å². The molecule has 0 fully saturated rings. The molecule has 1 atom stereocenters. The number of aromatic nitrogens is 3. The summed E-state index contributed by atoms with van der Waals surface area (Å²) in [6.07, 6.45) is 0. The molecule has 0 aliphatic carbocycles. The highest BCUT2D eigenvalue weighted by molar-refractivity contribution is 8.00. The molecule has 12 heteroatoms. The van der Waals surface area contributed by atoms with Crippen molar-refractivity contribution in [1.29, 1.82) is 0 Å². The van der Waals surface area contributed by atoms with E-state index < -0.39 is 16.9 Å². The molecule has 1 aliphatic heterocycles. The van der Waals surface area contributed by atoms with Gasteiger partial charge in [-0.25, -0.2) is 0 Å². The minimum Gasteiger partial charge on any atom is -0.342 e. The van der Waals surface area contributed by atoms with Crippen LogP contribution in [0.1, 0.15) is 43.0 Å². The summed E-state index contributed by atoms with van der Waals surface area (Å²) in [5.41, 5.74) is 1.73. The van der Waals surface area contributed by atoms with Crippen molar-refractivity contribution in [3.8, 4) is 0 Å². The standard InChI is InChI=1S/C29H28N6O4S2/c1-4-33-27(26(18(2)3)30-28(37)19-10-9-11-20(16-19)35(38)39)31-32-29(33)40-17-25(36)34-21-12-5-7-14-23(21)41-24-15-8-6-13-22(24)34/h5-16,18,26H,4,17H2,1-3H3,(H,30,37). The van der Waals surface area contributed by atoms with Gasteiger partial charge in [-0.15, -0.1) is 10.2 Å². The number of nitro groups is 1. The molecule has 2 heterocycles. The number of carbonyl (C=O) groups is 2. The number of hydrogen-bond donors (Lipinski definition) is 1. The molecule has 0 bridgehead atoms. The maximum atomic E-state index is 13.7. The summed E-state index contributed by atoms with van der Waals surface area (Å²) in [5, 5.41) is 23.5. The SMILES string of the molecule is CCn1c(SCC(=O)N2c3ccccc3Sc3ccccc32)nnc1C(NC(=O)c1cccc([N+](=O)[O-])c1)C(C)C. The van der Waals surface area contributed by atoms with Crippen molar-refractivity contribution in [1.82, 2.24) is 20.1 Å². The quantitative estimate of drug-likeness (QED) is 0.138. The lowest BCUT2D eigenvalue weighted by atomic mass is 10.0. The number of benzene rings is 3. The van der Waals surface area contributed by atoms with Crippen molar-refractivity contribution in [3.05, 3.63) is 94.3 Å². The van der Waals surface area contributed by atoms with Gasteiger partial charge in [0.1, 0.15) is 0 Å². The maximum absolute atomic E-state index is 13.7. The number of carbonyl (C=O) groups excluding carboxylic acids is 2. The summed E-state index contributed by atoms with van der Waals surface area (Å²) in [5.74, 6) is 0.119. The van der Waals surface area contributed by atoms with Crippen LogP contribution in [0.4, 0.5) is 17.1 Å². The van der Waals surface area contributed by atoms with E-state index in [4.69, 9.17) is 0 Å². The van der Waals surface area contributed by atoms with Crippen LogP contribution in [-0.4, -0.2) is 37.3 Å². The van der Waals surface area contributed by atoms with Crippen LogP contribution in [0.25, 0.3) is 0 Å².